The number of benzene rings is 1. The fourth-order valence-electron chi connectivity index (χ4n) is 3.74. The number of nitrogens with two attached hydrogens (primary N) is 2. The third kappa shape index (κ3) is 3.24. The van der Waals surface area contributed by atoms with Crippen LogP contribution in [-0.2, 0) is 0 Å². The van der Waals surface area contributed by atoms with Gasteiger partial charge in [0, 0.05) is 34.6 Å². The van der Waals surface area contributed by atoms with Gasteiger partial charge in [-0.25, -0.2) is 9.50 Å². The second-order valence-corrected chi connectivity index (χ2v) is 7.71. The van der Waals surface area contributed by atoms with E-state index in [-0.39, 0.29) is 0 Å². The summed E-state index contributed by atoms with van der Waals surface area (Å²) in [6, 6.07) is 8.69. The van der Waals surface area contributed by atoms with E-state index in [0.717, 1.165) is 48.3 Å². The van der Waals surface area contributed by atoms with Gasteiger partial charge in [-0.1, -0.05) is 0 Å². The average Bonchev–Trinajstić information content (AvgIpc) is 3.12. The van der Waals surface area contributed by atoms with Crippen molar-refractivity contribution in [1.29, 1.82) is 0 Å². The van der Waals surface area contributed by atoms with Crippen LogP contribution in [0.5, 0.6) is 0 Å². The number of aromatic nitrogens is 3. The van der Waals surface area contributed by atoms with E-state index in [2.05, 4.69) is 45.9 Å². The number of anilines is 3. The smallest absolute Gasteiger partial charge is 0.177 e. The molecule has 3 aromatic rings. The highest BCUT2D eigenvalue weighted by molar-refractivity contribution is 7.98. The molecule has 7 heteroatoms. The molecule has 136 valence electrons. The standard InChI is InChI=1S/C19H24N6S/c1-26-15-8-6-14(7-9-15)23-17-16(12-2-4-13(20)5-3-12)18(21)24-25-11-10-22-19(17)25/h6-13,23H,2-5,20H2,1H3,(H2,21,24). The van der Waals surface area contributed by atoms with Crippen molar-refractivity contribution < 1.29 is 0 Å². The first-order chi connectivity index (χ1) is 12.7. The van der Waals surface area contributed by atoms with Crippen molar-refractivity contribution in [1.82, 2.24) is 14.6 Å². The minimum atomic E-state index is 0.297. The second-order valence-electron chi connectivity index (χ2n) is 6.83. The van der Waals surface area contributed by atoms with Gasteiger partial charge >= 0.3 is 0 Å². The fraction of sp³-hybridized carbons (Fsp3) is 0.368. The SMILES string of the molecule is CSc1ccc(Nc2c(C3CCC(N)CC3)c(N)nn3ccnc23)cc1. The lowest BCUT2D eigenvalue weighted by Crippen LogP contribution is -2.26. The van der Waals surface area contributed by atoms with Crippen molar-refractivity contribution in [2.45, 2.75) is 42.5 Å². The summed E-state index contributed by atoms with van der Waals surface area (Å²) < 4.78 is 1.74. The van der Waals surface area contributed by atoms with Gasteiger partial charge in [-0.15, -0.1) is 16.9 Å². The van der Waals surface area contributed by atoms with E-state index >= 15 is 0 Å². The van der Waals surface area contributed by atoms with Crippen LogP contribution < -0.4 is 16.8 Å². The van der Waals surface area contributed by atoms with Crippen molar-refractivity contribution in [3.63, 3.8) is 0 Å². The Morgan fingerprint density at radius 2 is 1.88 bits per heavy atom. The van der Waals surface area contributed by atoms with Crippen LogP contribution in [0.25, 0.3) is 5.65 Å². The predicted octanol–water partition coefficient (Wildman–Crippen LogP) is 3.76. The van der Waals surface area contributed by atoms with Crippen LogP contribution in [0.1, 0.15) is 37.2 Å². The molecule has 0 radical (unpaired) electrons. The molecule has 0 saturated heterocycles. The highest BCUT2D eigenvalue weighted by Gasteiger charge is 2.27. The van der Waals surface area contributed by atoms with Crippen LogP contribution >= 0.6 is 11.8 Å². The Bertz CT molecular complexity index is 896. The van der Waals surface area contributed by atoms with Gasteiger partial charge in [-0.05, 0) is 62.1 Å². The largest absolute Gasteiger partial charge is 0.382 e. The van der Waals surface area contributed by atoms with Crippen molar-refractivity contribution >= 4 is 34.6 Å². The van der Waals surface area contributed by atoms with Gasteiger partial charge < -0.3 is 16.8 Å². The van der Waals surface area contributed by atoms with Gasteiger partial charge in [0.25, 0.3) is 0 Å². The average molecular weight is 369 g/mol. The van der Waals surface area contributed by atoms with Crippen LogP contribution in [0.4, 0.5) is 17.2 Å². The zero-order valence-corrected chi connectivity index (χ0v) is 15.7. The molecule has 2 heterocycles. The molecule has 2 aromatic heterocycles. The summed E-state index contributed by atoms with van der Waals surface area (Å²) in [5, 5.41) is 8.08. The van der Waals surface area contributed by atoms with Gasteiger partial charge in [-0.3, -0.25) is 0 Å². The predicted molar refractivity (Wildman–Crippen MR) is 108 cm³/mol. The summed E-state index contributed by atoms with van der Waals surface area (Å²) in [5.74, 6) is 0.927. The van der Waals surface area contributed by atoms with E-state index in [4.69, 9.17) is 11.5 Å². The van der Waals surface area contributed by atoms with E-state index in [9.17, 15) is 0 Å². The van der Waals surface area contributed by atoms with Crippen molar-refractivity contribution in [2.24, 2.45) is 5.73 Å². The Morgan fingerprint density at radius 3 is 2.58 bits per heavy atom. The molecule has 1 aromatic carbocycles. The Hall–Kier alpha value is -2.25. The number of nitrogen functional groups attached to an aromatic ring is 1. The van der Waals surface area contributed by atoms with Crippen LogP contribution in [0.2, 0.25) is 0 Å². The van der Waals surface area contributed by atoms with Crippen molar-refractivity contribution in [2.75, 3.05) is 17.3 Å². The molecule has 0 bridgehead atoms. The number of imidazole rings is 1. The molecule has 0 amide bonds. The van der Waals surface area contributed by atoms with Crippen LogP contribution in [0.15, 0.2) is 41.6 Å². The summed E-state index contributed by atoms with van der Waals surface area (Å²) in [6.45, 7) is 0. The van der Waals surface area contributed by atoms with E-state index in [1.54, 1.807) is 22.5 Å². The van der Waals surface area contributed by atoms with E-state index < -0.39 is 0 Å². The quantitative estimate of drug-likeness (QED) is 0.607. The lowest BCUT2D eigenvalue weighted by Gasteiger charge is -2.28. The number of fused-ring (bicyclic) bond motifs is 1. The van der Waals surface area contributed by atoms with Gasteiger partial charge in [0.05, 0.1) is 5.69 Å². The number of thioether (sulfide) groups is 1. The maximum Gasteiger partial charge on any atom is 0.177 e. The molecule has 1 aliphatic rings. The number of rotatable bonds is 4. The molecule has 26 heavy (non-hydrogen) atoms. The number of nitrogens with one attached hydrogen (secondary N) is 1. The molecule has 6 nitrogen and oxygen atoms in total. The highest BCUT2D eigenvalue weighted by atomic mass is 32.2. The first kappa shape index (κ1) is 17.2. The molecule has 1 saturated carbocycles. The number of nitrogens with zero attached hydrogens (tertiary/aromatic N) is 3. The van der Waals surface area contributed by atoms with Gasteiger partial charge in [0.1, 0.15) is 5.82 Å². The van der Waals surface area contributed by atoms with Gasteiger partial charge in [-0.2, -0.15) is 0 Å². The Balaban J connectivity index is 1.77. The van der Waals surface area contributed by atoms with Crippen LogP contribution in [0.3, 0.4) is 0 Å². The van der Waals surface area contributed by atoms with Crippen molar-refractivity contribution in [3.8, 4) is 0 Å². The monoisotopic (exact) mass is 368 g/mol. The van der Waals surface area contributed by atoms with Crippen molar-refractivity contribution in [3.05, 3.63) is 42.2 Å². The minimum absolute atomic E-state index is 0.297. The lowest BCUT2D eigenvalue weighted by atomic mass is 9.81. The third-order valence-electron chi connectivity index (χ3n) is 5.15. The summed E-state index contributed by atoms with van der Waals surface area (Å²) in [6.07, 6.45) is 9.76. The molecule has 0 atom stereocenters. The molecule has 0 spiro atoms. The van der Waals surface area contributed by atoms with E-state index in [1.165, 1.54) is 4.90 Å². The lowest BCUT2D eigenvalue weighted by molar-refractivity contribution is 0.396. The van der Waals surface area contributed by atoms with E-state index in [1.807, 2.05) is 6.20 Å². The first-order valence-electron chi connectivity index (χ1n) is 8.95. The molecule has 4 rings (SSSR count). The normalized spacial score (nSPS) is 20.4. The van der Waals surface area contributed by atoms with E-state index in [0.29, 0.717) is 17.8 Å². The molecule has 5 N–H and O–H groups in total. The fourth-order valence-corrected chi connectivity index (χ4v) is 4.15. The molecule has 0 unspecified atom stereocenters. The van der Waals surface area contributed by atoms with Crippen LogP contribution in [-0.4, -0.2) is 26.9 Å². The van der Waals surface area contributed by atoms with Crippen LogP contribution in [0, 0.1) is 0 Å². The molecular weight excluding hydrogens is 344 g/mol. The molecular formula is C19H24N6S. The Morgan fingerprint density at radius 1 is 1.15 bits per heavy atom. The summed E-state index contributed by atoms with van der Waals surface area (Å²) in [4.78, 5) is 5.75. The molecule has 0 aliphatic heterocycles. The number of hydrogen-bond donors (Lipinski definition) is 3. The summed E-state index contributed by atoms with van der Waals surface area (Å²) in [7, 11) is 0. The Labute approximate surface area is 157 Å². The second kappa shape index (κ2) is 7.17. The summed E-state index contributed by atoms with van der Waals surface area (Å²) >= 11 is 1.73. The van der Waals surface area contributed by atoms with Gasteiger partial charge in [0.15, 0.2) is 5.65 Å². The zero-order chi connectivity index (χ0) is 18.1. The zero-order valence-electron chi connectivity index (χ0n) is 14.9. The number of hydrogen-bond acceptors (Lipinski definition) is 6. The topological polar surface area (TPSA) is 94.3 Å². The third-order valence-corrected chi connectivity index (χ3v) is 5.89. The molecule has 1 aliphatic carbocycles. The highest BCUT2D eigenvalue weighted by Crippen LogP contribution is 2.41. The first-order valence-corrected chi connectivity index (χ1v) is 10.2. The summed E-state index contributed by atoms with van der Waals surface area (Å²) in [5.41, 5.74) is 16.3. The molecule has 1 fully saturated rings. The van der Waals surface area contributed by atoms with Gasteiger partial charge in [0.2, 0.25) is 0 Å². The Kier molecular flexibility index (Phi) is 4.74. The minimum Gasteiger partial charge on any atom is -0.382 e. The maximum absolute atomic E-state index is 6.38. The maximum atomic E-state index is 6.38.